The van der Waals surface area contributed by atoms with Crippen molar-refractivity contribution in [2.45, 2.75) is 50.0 Å². The standard InChI is InChI=1S/C33H37F2N5O5/c1-45-20-25-9-6-13-40(25)32(43)27-11-5-10-26(37-27)31(42)38-28(17-22-15-23(34)18-24(35)16-22)30(41)29-33(44)39(14-12-36-29)19-21-7-3-2-4-8-21/h2-5,7-8,10-11,15-16,18,25,28-30,36,41H,6,9,12-14,17,19-20H2,1H3,(H,38,42)/t25-,28+,29+,30+/m1/s1. The fraction of sp³-hybridized carbons (Fsp3) is 0.394. The molecule has 1 aromatic heterocycles. The van der Waals surface area contributed by atoms with E-state index in [1.807, 2.05) is 30.3 Å². The number of carbonyl (C=O) groups excluding carboxylic acids is 3. The quantitative estimate of drug-likeness (QED) is 0.300. The third-order valence-corrected chi connectivity index (χ3v) is 8.19. The molecular weight excluding hydrogens is 584 g/mol. The van der Waals surface area contributed by atoms with E-state index in [-0.39, 0.29) is 41.2 Å². The number of hydrogen-bond donors (Lipinski definition) is 3. The van der Waals surface area contributed by atoms with E-state index in [0.29, 0.717) is 32.8 Å². The molecule has 12 heteroatoms. The predicted molar refractivity (Wildman–Crippen MR) is 161 cm³/mol. The lowest BCUT2D eigenvalue weighted by molar-refractivity contribution is -0.140. The van der Waals surface area contributed by atoms with Gasteiger partial charge >= 0.3 is 0 Å². The predicted octanol–water partition coefficient (Wildman–Crippen LogP) is 2.31. The van der Waals surface area contributed by atoms with Crippen molar-refractivity contribution in [1.29, 1.82) is 0 Å². The Morgan fingerprint density at radius 1 is 1.04 bits per heavy atom. The normalized spacial score (nSPS) is 19.8. The number of ether oxygens (including phenoxy) is 1. The van der Waals surface area contributed by atoms with Crippen LogP contribution >= 0.6 is 0 Å². The van der Waals surface area contributed by atoms with Crippen molar-refractivity contribution in [3.05, 3.63) is 101 Å². The summed E-state index contributed by atoms with van der Waals surface area (Å²) in [6.45, 7) is 2.08. The van der Waals surface area contributed by atoms with Crippen molar-refractivity contribution in [1.82, 2.24) is 25.4 Å². The van der Waals surface area contributed by atoms with Crippen LogP contribution in [0.25, 0.3) is 0 Å². The molecule has 2 aliphatic rings. The van der Waals surface area contributed by atoms with E-state index in [0.717, 1.165) is 36.6 Å². The summed E-state index contributed by atoms with van der Waals surface area (Å²) < 4.78 is 33.4. The van der Waals surface area contributed by atoms with Gasteiger partial charge in [-0.15, -0.1) is 0 Å². The Balaban J connectivity index is 1.36. The van der Waals surface area contributed by atoms with Crippen molar-refractivity contribution in [3.63, 3.8) is 0 Å². The maximum absolute atomic E-state index is 14.1. The van der Waals surface area contributed by atoms with Crippen LogP contribution in [0.1, 0.15) is 44.9 Å². The van der Waals surface area contributed by atoms with Crippen LogP contribution in [-0.2, 0) is 22.5 Å². The number of piperazine rings is 1. The van der Waals surface area contributed by atoms with Crippen molar-refractivity contribution in [2.24, 2.45) is 0 Å². The number of carbonyl (C=O) groups is 3. The molecule has 0 saturated carbocycles. The molecule has 0 spiro atoms. The molecule has 45 heavy (non-hydrogen) atoms. The zero-order valence-corrected chi connectivity index (χ0v) is 25.0. The van der Waals surface area contributed by atoms with E-state index in [1.54, 1.807) is 16.9 Å². The Morgan fingerprint density at radius 3 is 2.51 bits per heavy atom. The number of benzene rings is 2. The van der Waals surface area contributed by atoms with Crippen molar-refractivity contribution in [2.75, 3.05) is 33.4 Å². The fourth-order valence-electron chi connectivity index (χ4n) is 5.99. The first-order valence-electron chi connectivity index (χ1n) is 15.0. The summed E-state index contributed by atoms with van der Waals surface area (Å²) in [6.07, 6.45) is -0.0275. The molecule has 3 heterocycles. The van der Waals surface area contributed by atoms with Crippen LogP contribution in [0.5, 0.6) is 0 Å². The van der Waals surface area contributed by atoms with Gasteiger partial charge in [0, 0.05) is 39.4 Å². The van der Waals surface area contributed by atoms with Crippen LogP contribution in [-0.4, -0.2) is 95.2 Å². The van der Waals surface area contributed by atoms with Gasteiger partial charge in [0.05, 0.1) is 24.8 Å². The second-order valence-corrected chi connectivity index (χ2v) is 11.4. The molecule has 0 bridgehead atoms. The van der Waals surface area contributed by atoms with E-state index < -0.39 is 35.7 Å². The molecule has 2 aliphatic heterocycles. The van der Waals surface area contributed by atoms with Gasteiger partial charge in [0.15, 0.2) is 0 Å². The largest absolute Gasteiger partial charge is 0.389 e. The summed E-state index contributed by atoms with van der Waals surface area (Å²) in [6, 6.07) is 14.5. The van der Waals surface area contributed by atoms with Gasteiger partial charge in [-0.1, -0.05) is 36.4 Å². The van der Waals surface area contributed by atoms with Gasteiger partial charge in [-0.25, -0.2) is 13.8 Å². The number of amides is 3. The Labute approximate surface area is 260 Å². The van der Waals surface area contributed by atoms with Crippen LogP contribution in [0.15, 0.2) is 66.7 Å². The number of nitrogens with one attached hydrogen (secondary N) is 2. The van der Waals surface area contributed by atoms with Gasteiger partial charge in [0.2, 0.25) is 5.91 Å². The number of likely N-dealkylation sites (tertiary alicyclic amines) is 1. The van der Waals surface area contributed by atoms with Crippen LogP contribution in [0.2, 0.25) is 0 Å². The first-order chi connectivity index (χ1) is 21.7. The molecule has 3 N–H and O–H groups in total. The minimum Gasteiger partial charge on any atom is -0.389 e. The zero-order valence-electron chi connectivity index (χ0n) is 25.0. The average Bonchev–Trinajstić information content (AvgIpc) is 3.49. The number of aliphatic hydroxyl groups excluding tert-OH is 1. The number of rotatable bonds is 11. The van der Waals surface area contributed by atoms with Crippen LogP contribution < -0.4 is 10.6 Å². The minimum atomic E-state index is -1.48. The maximum Gasteiger partial charge on any atom is 0.272 e. The molecule has 4 atom stereocenters. The molecule has 3 aromatic rings. The molecule has 0 unspecified atom stereocenters. The van der Waals surface area contributed by atoms with E-state index >= 15 is 0 Å². The number of aromatic nitrogens is 1. The van der Waals surface area contributed by atoms with Crippen molar-refractivity contribution >= 4 is 17.7 Å². The van der Waals surface area contributed by atoms with Gasteiger partial charge in [0.1, 0.15) is 29.1 Å². The first kappa shape index (κ1) is 32.1. The number of aliphatic hydroxyl groups is 1. The molecule has 5 rings (SSSR count). The summed E-state index contributed by atoms with van der Waals surface area (Å²) in [4.78, 5) is 47.9. The third-order valence-electron chi connectivity index (χ3n) is 8.19. The Bertz CT molecular complexity index is 1490. The molecule has 2 aromatic carbocycles. The summed E-state index contributed by atoms with van der Waals surface area (Å²) in [5.74, 6) is -3.04. The summed E-state index contributed by atoms with van der Waals surface area (Å²) in [5, 5.41) is 17.3. The Kier molecular flexibility index (Phi) is 10.5. The van der Waals surface area contributed by atoms with E-state index in [4.69, 9.17) is 4.74 Å². The van der Waals surface area contributed by atoms with Crippen molar-refractivity contribution in [3.8, 4) is 0 Å². The maximum atomic E-state index is 14.1. The zero-order chi connectivity index (χ0) is 31.9. The van der Waals surface area contributed by atoms with Gasteiger partial charge < -0.3 is 30.3 Å². The third kappa shape index (κ3) is 7.88. The van der Waals surface area contributed by atoms with Gasteiger partial charge in [0.25, 0.3) is 11.8 Å². The number of hydrogen-bond acceptors (Lipinski definition) is 7. The van der Waals surface area contributed by atoms with Crippen molar-refractivity contribution < 1.29 is 33.0 Å². The number of halogens is 2. The molecule has 3 amide bonds. The molecule has 0 aliphatic carbocycles. The highest BCUT2D eigenvalue weighted by molar-refractivity contribution is 5.96. The highest BCUT2D eigenvalue weighted by Crippen LogP contribution is 2.21. The average molecular weight is 622 g/mol. The van der Waals surface area contributed by atoms with Gasteiger partial charge in [-0.05, 0) is 54.7 Å². The Hall–Kier alpha value is -4.26. The lowest BCUT2D eigenvalue weighted by Gasteiger charge is -2.38. The van der Waals surface area contributed by atoms with Crippen LogP contribution in [0.3, 0.4) is 0 Å². The van der Waals surface area contributed by atoms with E-state index in [1.165, 1.54) is 18.2 Å². The molecule has 2 saturated heterocycles. The van der Waals surface area contributed by atoms with Crippen LogP contribution in [0, 0.1) is 11.6 Å². The molecule has 2 fully saturated rings. The van der Waals surface area contributed by atoms with Crippen LogP contribution in [0.4, 0.5) is 8.78 Å². The number of pyridine rings is 1. The summed E-state index contributed by atoms with van der Waals surface area (Å²) >= 11 is 0. The van der Waals surface area contributed by atoms with E-state index in [9.17, 15) is 28.3 Å². The van der Waals surface area contributed by atoms with Gasteiger partial charge in [-0.2, -0.15) is 0 Å². The second kappa shape index (κ2) is 14.7. The van der Waals surface area contributed by atoms with E-state index in [2.05, 4.69) is 15.6 Å². The Morgan fingerprint density at radius 2 is 1.78 bits per heavy atom. The highest BCUT2D eigenvalue weighted by Gasteiger charge is 2.39. The number of nitrogens with zero attached hydrogens (tertiary/aromatic N) is 3. The highest BCUT2D eigenvalue weighted by atomic mass is 19.1. The lowest BCUT2D eigenvalue weighted by Crippen LogP contribution is -2.64. The SMILES string of the molecule is COC[C@H]1CCCN1C(=O)c1cccc(C(=O)N[C@@H](Cc2cc(F)cc(F)c2)[C@H](O)[C@@H]2NCCN(Cc3ccccc3)C2=O)n1. The van der Waals surface area contributed by atoms with Gasteiger partial charge in [-0.3, -0.25) is 14.4 Å². The topological polar surface area (TPSA) is 124 Å². The first-order valence-corrected chi connectivity index (χ1v) is 15.0. The molecule has 10 nitrogen and oxygen atoms in total. The fourth-order valence-corrected chi connectivity index (χ4v) is 5.99. The second-order valence-electron chi connectivity index (χ2n) is 11.4. The smallest absolute Gasteiger partial charge is 0.272 e. The summed E-state index contributed by atoms with van der Waals surface area (Å²) in [7, 11) is 1.57. The monoisotopic (exact) mass is 621 g/mol. The molecular formula is C33H37F2N5O5. The minimum absolute atomic E-state index is 0.0793. The summed E-state index contributed by atoms with van der Waals surface area (Å²) in [5.41, 5.74) is 1.09. The number of methoxy groups -OCH3 is 1. The molecule has 0 radical (unpaired) electrons. The lowest BCUT2D eigenvalue weighted by atomic mass is 9.94. The molecule has 238 valence electrons.